The number of halogens is 1. The quantitative estimate of drug-likeness (QED) is 0.555. The second-order valence-electron chi connectivity index (χ2n) is 8.51. The summed E-state index contributed by atoms with van der Waals surface area (Å²) in [6, 6.07) is 5.58. The zero-order valence-electron chi connectivity index (χ0n) is 19.1. The number of nitrogens with one attached hydrogen (secondary N) is 1. The molecule has 33 heavy (non-hydrogen) atoms. The molecule has 0 unspecified atom stereocenters. The molecular formula is C24H27FN6OS. The van der Waals surface area contributed by atoms with Gasteiger partial charge in [-0.05, 0) is 38.4 Å². The van der Waals surface area contributed by atoms with E-state index in [-0.39, 0.29) is 17.6 Å². The van der Waals surface area contributed by atoms with Crippen LogP contribution in [0, 0.1) is 5.82 Å². The number of nitrogens with zero attached hydrogens (tertiary/aromatic N) is 5. The van der Waals surface area contributed by atoms with Crippen LogP contribution < -0.4 is 15.0 Å². The molecule has 1 aliphatic carbocycles. The van der Waals surface area contributed by atoms with Crippen molar-refractivity contribution in [2.45, 2.75) is 26.7 Å². The van der Waals surface area contributed by atoms with Crippen molar-refractivity contribution < 1.29 is 9.13 Å². The summed E-state index contributed by atoms with van der Waals surface area (Å²) in [5, 5.41) is 4.03. The lowest BCUT2D eigenvalue weighted by molar-refractivity contribution is 0.311. The molecule has 7 nitrogen and oxygen atoms in total. The van der Waals surface area contributed by atoms with E-state index in [2.05, 4.69) is 44.0 Å². The fourth-order valence-corrected chi connectivity index (χ4v) is 4.82. The van der Waals surface area contributed by atoms with Gasteiger partial charge in [-0.2, -0.15) is 9.97 Å². The Morgan fingerprint density at radius 2 is 2.00 bits per heavy atom. The third kappa shape index (κ3) is 4.69. The summed E-state index contributed by atoms with van der Waals surface area (Å²) in [5.74, 6) is 1.08. The van der Waals surface area contributed by atoms with Crippen LogP contribution in [0.5, 0.6) is 11.8 Å². The molecule has 0 saturated carbocycles. The van der Waals surface area contributed by atoms with Gasteiger partial charge in [0.2, 0.25) is 0 Å². The molecule has 1 aromatic carbocycles. The van der Waals surface area contributed by atoms with E-state index in [1.807, 2.05) is 31.3 Å². The van der Waals surface area contributed by atoms with E-state index in [1.165, 1.54) is 4.88 Å². The third-order valence-corrected chi connectivity index (χ3v) is 7.01. The highest BCUT2D eigenvalue weighted by Gasteiger charge is 2.21. The van der Waals surface area contributed by atoms with Crippen molar-refractivity contribution in [1.82, 2.24) is 19.9 Å². The van der Waals surface area contributed by atoms with Crippen molar-refractivity contribution in [1.29, 1.82) is 0 Å². The summed E-state index contributed by atoms with van der Waals surface area (Å²) in [6.45, 7) is 7.69. The molecule has 0 bridgehead atoms. The zero-order valence-corrected chi connectivity index (χ0v) is 19.9. The molecule has 0 spiro atoms. The smallest absolute Gasteiger partial charge is 0.326 e. The Kier molecular flexibility index (Phi) is 5.99. The van der Waals surface area contributed by atoms with E-state index in [0.717, 1.165) is 61.1 Å². The number of piperazine rings is 1. The van der Waals surface area contributed by atoms with Crippen molar-refractivity contribution in [2.24, 2.45) is 0 Å². The Morgan fingerprint density at radius 3 is 2.76 bits per heavy atom. The molecule has 5 rings (SSSR count). The maximum atomic E-state index is 15.2. The van der Waals surface area contributed by atoms with Crippen molar-refractivity contribution in [3.05, 3.63) is 51.8 Å². The van der Waals surface area contributed by atoms with Gasteiger partial charge < -0.3 is 19.9 Å². The number of aryl methyl sites for hydroxylation is 1. The average molecular weight is 467 g/mol. The molecule has 1 saturated heterocycles. The summed E-state index contributed by atoms with van der Waals surface area (Å²) in [4.78, 5) is 19.2. The third-order valence-electron chi connectivity index (χ3n) is 5.95. The summed E-state index contributed by atoms with van der Waals surface area (Å²) in [6.07, 6.45) is 5.43. The van der Waals surface area contributed by atoms with Crippen LogP contribution in [0.4, 0.5) is 21.2 Å². The van der Waals surface area contributed by atoms with Crippen LogP contribution in [0.2, 0.25) is 0 Å². The Balaban J connectivity index is 1.47. The van der Waals surface area contributed by atoms with Crippen molar-refractivity contribution in [2.75, 3.05) is 43.4 Å². The highest BCUT2D eigenvalue weighted by Crippen LogP contribution is 2.34. The molecule has 2 aliphatic rings. The molecule has 3 heterocycles. The second kappa shape index (κ2) is 9.07. The summed E-state index contributed by atoms with van der Waals surface area (Å²) in [5.41, 5.74) is 2.70. The highest BCUT2D eigenvalue weighted by atomic mass is 32.1. The van der Waals surface area contributed by atoms with Gasteiger partial charge in [0.15, 0.2) is 16.7 Å². The Morgan fingerprint density at radius 1 is 1.18 bits per heavy atom. The fourth-order valence-electron chi connectivity index (χ4n) is 4.06. The minimum atomic E-state index is -0.375. The number of rotatable bonds is 6. The van der Waals surface area contributed by atoms with Gasteiger partial charge in [-0.3, -0.25) is 0 Å². The lowest BCUT2D eigenvalue weighted by Gasteiger charge is -2.33. The number of fused-ring (bicyclic) bond motifs is 1. The molecule has 172 valence electrons. The topological polar surface area (TPSA) is 66.4 Å². The first kappa shape index (κ1) is 21.8. The molecule has 0 radical (unpaired) electrons. The maximum Gasteiger partial charge on any atom is 0.326 e. The van der Waals surface area contributed by atoms with E-state index >= 15 is 4.39 Å². The SMILES string of the molecule is CCc1cnc(Nc2cc(N3CCN(C)CC3)nc(Oc3ccc4c(c3F)C=C(C)C4)n2)s1. The second-order valence-corrected chi connectivity index (χ2v) is 9.63. The van der Waals surface area contributed by atoms with Gasteiger partial charge in [-0.15, -0.1) is 11.3 Å². The van der Waals surface area contributed by atoms with Gasteiger partial charge in [-0.1, -0.05) is 24.6 Å². The molecule has 1 aliphatic heterocycles. The molecule has 0 atom stereocenters. The Bertz CT molecular complexity index is 1200. The van der Waals surface area contributed by atoms with E-state index in [1.54, 1.807) is 17.4 Å². The van der Waals surface area contributed by atoms with Crippen LogP contribution >= 0.6 is 11.3 Å². The number of allylic oxidation sites excluding steroid dienone is 1. The maximum absolute atomic E-state index is 15.2. The van der Waals surface area contributed by atoms with Crippen LogP contribution in [-0.2, 0) is 12.8 Å². The van der Waals surface area contributed by atoms with Crippen LogP contribution in [-0.4, -0.2) is 53.1 Å². The minimum absolute atomic E-state index is 0.110. The largest absolute Gasteiger partial charge is 0.421 e. The molecule has 2 aromatic heterocycles. The van der Waals surface area contributed by atoms with Gasteiger partial charge in [0.25, 0.3) is 0 Å². The molecule has 1 fully saturated rings. The predicted molar refractivity (Wildman–Crippen MR) is 130 cm³/mol. The number of likely N-dealkylation sites (N-methyl/N-ethyl adjacent to an activating group) is 1. The van der Waals surface area contributed by atoms with Crippen LogP contribution in [0.3, 0.4) is 0 Å². The van der Waals surface area contributed by atoms with Gasteiger partial charge >= 0.3 is 6.01 Å². The molecule has 9 heteroatoms. The fraction of sp³-hybridized carbons (Fsp3) is 0.375. The number of anilines is 3. The summed E-state index contributed by atoms with van der Waals surface area (Å²) in [7, 11) is 2.11. The standard InChI is InChI=1S/C24H27FN6OS/c1-4-17-14-26-24(33-17)28-20-13-21(31-9-7-30(3)8-10-31)29-23(27-20)32-19-6-5-16-11-15(2)12-18(16)22(19)25/h5-6,12-14H,4,7-11H2,1-3H3,(H,26,27,28,29). The lowest BCUT2D eigenvalue weighted by Crippen LogP contribution is -2.44. The summed E-state index contributed by atoms with van der Waals surface area (Å²) < 4.78 is 21.1. The number of hydrogen-bond donors (Lipinski definition) is 1. The lowest BCUT2D eigenvalue weighted by atomic mass is 10.1. The van der Waals surface area contributed by atoms with E-state index in [0.29, 0.717) is 11.4 Å². The highest BCUT2D eigenvalue weighted by molar-refractivity contribution is 7.15. The minimum Gasteiger partial charge on any atom is -0.421 e. The van der Waals surface area contributed by atoms with Crippen molar-refractivity contribution in [3.8, 4) is 11.8 Å². The van der Waals surface area contributed by atoms with Gasteiger partial charge in [0, 0.05) is 48.9 Å². The molecular weight excluding hydrogens is 439 g/mol. The zero-order chi connectivity index (χ0) is 22.9. The molecule has 1 N–H and O–H groups in total. The summed E-state index contributed by atoms with van der Waals surface area (Å²) >= 11 is 1.59. The molecule has 3 aromatic rings. The van der Waals surface area contributed by atoms with Crippen molar-refractivity contribution >= 4 is 34.2 Å². The predicted octanol–water partition coefficient (Wildman–Crippen LogP) is 4.88. The van der Waals surface area contributed by atoms with E-state index in [9.17, 15) is 0 Å². The van der Waals surface area contributed by atoms with E-state index in [4.69, 9.17) is 4.74 Å². The number of aromatic nitrogens is 3. The Hall–Kier alpha value is -3.04. The monoisotopic (exact) mass is 466 g/mol. The number of thiazole rings is 1. The van der Waals surface area contributed by atoms with Gasteiger partial charge in [0.05, 0.1) is 0 Å². The number of benzene rings is 1. The number of hydrogen-bond acceptors (Lipinski definition) is 8. The van der Waals surface area contributed by atoms with Gasteiger partial charge in [0.1, 0.15) is 11.6 Å². The normalized spacial score (nSPS) is 16.0. The first-order chi connectivity index (χ1) is 16.0. The van der Waals surface area contributed by atoms with E-state index < -0.39 is 0 Å². The first-order valence-corrected chi connectivity index (χ1v) is 12.0. The van der Waals surface area contributed by atoms with Crippen molar-refractivity contribution in [3.63, 3.8) is 0 Å². The van der Waals surface area contributed by atoms with Gasteiger partial charge in [-0.25, -0.2) is 9.37 Å². The number of ether oxygens (including phenoxy) is 1. The molecule has 0 amide bonds. The average Bonchev–Trinajstić information content (AvgIpc) is 3.42. The van der Waals surface area contributed by atoms with Crippen LogP contribution in [0.1, 0.15) is 29.9 Å². The van der Waals surface area contributed by atoms with Crippen LogP contribution in [0.25, 0.3) is 6.08 Å². The Labute approximate surface area is 197 Å². The first-order valence-electron chi connectivity index (χ1n) is 11.2. The van der Waals surface area contributed by atoms with Crippen LogP contribution in [0.15, 0.2) is 30.0 Å².